The molecule has 5 aromatic carbocycles. The molecule has 6 heterocycles. The minimum absolute atomic E-state index is 0.801. The van der Waals surface area contributed by atoms with Gasteiger partial charge in [0.2, 0.25) is 0 Å². The van der Waals surface area contributed by atoms with Gasteiger partial charge in [0.1, 0.15) is 0 Å². The van der Waals surface area contributed by atoms with E-state index in [1.54, 1.807) is 0 Å². The lowest BCUT2D eigenvalue weighted by Crippen LogP contribution is -2.31. The number of aryl methyl sites for hydroxylation is 13. The first-order valence-electron chi connectivity index (χ1n) is 25.4. The molecule has 11 rings (SSSR count). The molecule has 376 valence electrons. The van der Waals surface area contributed by atoms with E-state index < -0.39 is 0 Å². The molecule has 0 aliphatic carbocycles. The van der Waals surface area contributed by atoms with E-state index in [9.17, 15) is 0 Å². The molecule has 0 fully saturated rings. The summed E-state index contributed by atoms with van der Waals surface area (Å²) in [6, 6.07) is 39.9. The maximum Gasteiger partial charge on any atom is 0.270 e. The summed E-state index contributed by atoms with van der Waals surface area (Å²) >= 11 is 0. The molecular weight excluding hydrogens is 921 g/mol. The van der Waals surface area contributed by atoms with Gasteiger partial charge >= 0.3 is 0 Å². The largest absolute Gasteiger partial charge is 0.298 e. The zero-order chi connectivity index (χ0) is 53.1. The van der Waals surface area contributed by atoms with Crippen molar-refractivity contribution >= 4 is 0 Å². The van der Waals surface area contributed by atoms with Gasteiger partial charge in [-0.15, -0.1) is 0 Å². The van der Waals surface area contributed by atoms with Gasteiger partial charge in [0.05, 0.1) is 22.7 Å². The van der Waals surface area contributed by atoms with Crippen molar-refractivity contribution in [3.63, 3.8) is 0 Å². The lowest BCUT2D eigenvalue weighted by Gasteiger charge is -2.11. The van der Waals surface area contributed by atoms with Gasteiger partial charge in [-0.3, -0.25) is 36.5 Å². The summed E-state index contributed by atoms with van der Waals surface area (Å²) < 4.78 is 15.9. The second-order valence-corrected chi connectivity index (χ2v) is 19.9. The van der Waals surface area contributed by atoms with E-state index in [-0.39, 0.29) is 0 Å². The fourth-order valence-electron chi connectivity index (χ4n) is 10.4. The van der Waals surface area contributed by atoms with Crippen molar-refractivity contribution in [3.05, 3.63) is 262 Å². The quantitative estimate of drug-likeness (QED) is 0.112. The Bertz CT molecular complexity index is 3280. The molecule has 0 unspecified atom stereocenters. The number of rotatable bonds is 8. The van der Waals surface area contributed by atoms with E-state index in [0.29, 0.717) is 0 Å². The Hall–Kier alpha value is -8.76. The Balaban J connectivity index is 0.000000162. The maximum atomic E-state index is 4.88. The summed E-state index contributed by atoms with van der Waals surface area (Å²) in [6.45, 7) is 27.7. The highest BCUT2D eigenvalue weighted by molar-refractivity contribution is 5.46. The molecule has 0 atom stereocenters. The van der Waals surface area contributed by atoms with Gasteiger partial charge in [0, 0.05) is 49.6 Å². The predicted octanol–water partition coefficient (Wildman–Crippen LogP) is 11.3. The third-order valence-electron chi connectivity index (χ3n) is 13.2. The summed E-state index contributed by atoms with van der Waals surface area (Å²) in [7, 11) is 0. The van der Waals surface area contributed by atoms with Crippen LogP contribution in [0.25, 0.3) is 46.0 Å². The van der Waals surface area contributed by atoms with Crippen LogP contribution in [0.2, 0.25) is 0 Å². The summed E-state index contributed by atoms with van der Waals surface area (Å²) in [5.41, 5.74) is 20.8. The monoisotopic (exact) mass is 987 g/mol. The first kappa shape index (κ1) is 51.2. The molecule has 0 radical (unpaired) electrons. The van der Waals surface area contributed by atoms with Crippen LogP contribution in [-0.2, 0) is 0 Å². The SMILES string of the molecule is Cc1cc(C)c(-[n+]2[c-]n(-c3cccc(-n4[c-][n+](-c5c(C)cc(C)cc5C)cc4)n3)cc2)c(C)c1.Cc1cc(C)c(-[n+]2[c-]n(-c3cccc(-n4[c-][n+](-c5c(C)cc(C)cc5C)cc4)n3)cc2)c(C)c1.Cc1ccccc1. The molecule has 0 bridgehead atoms. The van der Waals surface area contributed by atoms with Crippen molar-refractivity contribution < 1.29 is 18.3 Å². The Morgan fingerprint density at radius 2 is 0.507 bits per heavy atom. The fourth-order valence-corrected chi connectivity index (χ4v) is 10.4. The highest BCUT2D eigenvalue weighted by Crippen LogP contribution is 2.21. The molecule has 11 aromatic rings. The normalized spacial score (nSPS) is 11.0. The molecule has 0 aliphatic heterocycles. The van der Waals surface area contributed by atoms with Gasteiger partial charge in [-0.1, -0.05) is 119 Å². The van der Waals surface area contributed by atoms with Gasteiger partial charge in [-0.2, -0.15) is 0 Å². The highest BCUT2D eigenvalue weighted by atomic mass is 15.2. The molecule has 0 saturated heterocycles. The molecule has 6 aromatic heterocycles. The zero-order valence-electron chi connectivity index (χ0n) is 45.6. The van der Waals surface area contributed by atoms with Crippen molar-refractivity contribution in [3.8, 4) is 46.0 Å². The maximum absolute atomic E-state index is 4.88. The van der Waals surface area contributed by atoms with E-state index in [1.807, 2.05) is 141 Å². The van der Waals surface area contributed by atoms with Crippen LogP contribution in [0.4, 0.5) is 0 Å². The summed E-state index contributed by atoms with van der Waals surface area (Å²) in [5.74, 6) is 3.20. The van der Waals surface area contributed by atoms with Crippen molar-refractivity contribution in [2.75, 3.05) is 0 Å². The average Bonchev–Trinajstić information content (AvgIpc) is 4.21. The third kappa shape index (κ3) is 11.4. The number of aromatic nitrogens is 10. The van der Waals surface area contributed by atoms with Crippen molar-refractivity contribution in [1.82, 2.24) is 28.2 Å². The molecule has 0 N–H and O–H groups in total. The van der Waals surface area contributed by atoms with E-state index >= 15 is 0 Å². The van der Waals surface area contributed by atoms with Gasteiger partial charge in [-0.25, -0.2) is 9.97 Å². The Kier molecular flexibility index (Phi) is 14.8. The Labute approximate surface area is 443 Å². The predicted molar refractivity (Wildman–Crippen MR) is 295 cm³/mol. The minimum Gasteiger partial charge on any atom is -0.298 e. The Morgan fingerprint density at radius 3 is 0.707 bits per heavy atom. The second kappa shape index (κ2) is 21.8. The van der Waals surface area contributed by atoms with Crippen LogP contribution in [-0.4, -0.2) is 28.2 Å². The van der Waals surface area contributed by atoms with Gasteiger partial charge in [-0.05, 0) is 159 Å². The van der Waals surface area contributed by atoms with Crippen molar-refractivity contribution in [1.29, 1.82) is 0 Å². The molecular formula is C65H66N10. The van der Waals surface area contributed by atoms with E-state index in [1.165, 1.54) is 72.3 Å². The first-order chi connectivity index (χ1) is 36.0. The first-order valence-corrected chi connectivity index (χ1v) is 25.4. The highest BCUT2D eigenvalue weighted by Gasteiger charge is 2.15. The smallest absolute Gasteiger partial charge is 0.270 e. The van der Waals surface area contributed by atoms with Crippen LogP contribution in [0.3, 0.4) is 0 Å². The van der Waals surface area contributed by atoms with Crippen LogP contribution < -0.4 is 18.3 Å². The standard InChI is InChI=1S/2C29H29N5.C7H8/c2*1-20-14-22(3)28(23(4)15-20)33-12-10-31(18-33)26-8-7-9-27(30-26)32-11-13-34(19-32)29-24(5)16-21(2)17-25(29)6;1-7-5-3-2-4-6-7/h2*7-17H,1-6H3;2-6H,1H3. The van der Waals surface area contributed by atoms with Gasteiger partial charge in [0.15, 0.2) is 23.3 Å². The number of imidazole rings is 4. The molecule has 75 heavy (non-hydrogen) atoms. The average molecular weight is 987 g/mol. The lowest BCUT2D eigenvalue weighted by atomic mass is 10.1. The summed E-state index contributed by atoms with van der Waals surface area (Å²) in [4.78, 5) is 9.76. The second-order valence-electron chi connectivity index (χ2n) is 19.9. The van der Waals surface area contributed by atoms with Crippen LogP contribution >= 0.6 is 0 Å². The number of pyridine rings is 2. The molecule has 10 nitrogen and oxygen atoms in total. The van der Waals surface area contributed by atoms with E-state index in [0.717, 1.165) is 46.0 Å². The van der Waals surface area contributed by atoms with Gasteiger partial charge in [0.25, 0.3) is 25.3 Å². The number of benzene rings is 5. The van der Waals surface area contributed by atoms with Crippen LogP contribution in [0, 0.1) is 115 Å². The van der Waals surface area contributed by atoms with Crippen LogP contribution in [0.15, 0.2) is 165 Å². The Morgan fingerprint density at radius 1 is 0.280 bits per heavy atom. The molecule has 0 saturated carbocycles. The van der Waals surface area contributed by atoms with Crippen LogP contribution in [0.1, 0.15) is 72.3 Å². The molecule has 0 amide bonds. The molecule has 10 heteroatoms. The summed E-state index contributed by atoms with van der Waals surface area (Å²) in [5, 5.41) is 0. The molecule has 0 aliphatic rings. The summed E-state index contributed by atoms with van der Waals surface area (Å²) in [6.07, 6.45) is 29.8. The lowest BCUT2D eigenvalue weighted by molar-refractivity contribution is -0.600. The molecule has 0 spiro atoms. The third-order valence-corrected chi connectivity index (χ3v) is 13.2. The topological polar surface area (TPSA) is 61.0 Å². The number of nitrogens with zero attached hydrogens (tertiary/aromatic N) is 10. The van der Waals surface area contributed by atoms with Crippen LogP contribution in [0.5, 0.6) is 0 Å². The minimum atomic E-state index is 0.801. The van der Waals surface area contributed by atoms with Gasteiger partial charge < -0.3 is 0 Å². The van der Waals surface area contributed by atoms with Crippen molar-refractivity contribution in [2.24, 2.45) is 0 Å². The number of hydrogen-bond donors (Lipinski definition) is 0. The fraction of sp³-hybridized carbons (Fsp3) is 0.200. The zero-order valence-corrected chi connectivity index (χ0v) is 45.6. The van der Waals surface area contributed by atoms with E-state index in [4.69, 9.17) is 9.97 Å². The van der Waals surface area contributed by atoms with Crippen molar-refractivity contribution in [2.45, 2.75) is 90.0 Å². The van der Waals surface area contributed by atoms with E-state index in [2.05, 4.69) is 176 Å². The number of hydrogen-bond acceptors (Lipinski definition) is 2.